The van der Waals surface area contributed by atoms with E-state index in [2.05, 4.69) is 4.74 Å². The minimum absolute atomic E-state index is 0.00632. The molecule has 2 aromatic rings. The maximum Gasteiger partial charge on any atom is 0.422 e. The molecule has 1 aromatic carbocycles. The lowest BCUT2D eigenvalue weighted by molar-refractivity contribution is -0.153. The summed E-state index contributed by atoms with van der Waals surface area (Å²) in [5, 5.41) is 0.631. The van der Waals surface area contributed by atoms with Crippen LogP contribution in [0.5, 0.6) is 5.75 Å². The predicted octanol–water partition coefficient (Wildman–Crippen LogP) is 3.04. The summed E-state index contributed by atoms with van der Waals surface area (Å²) in [4.78, 5) is 11.3. The molecule has 0 amide bonds. The molecule has 0 bridgehead atoms. The zero-order valence-electron chi connectivity index (χ0n) is 9.38. The highest BCUT2D eigenvalue weighted by Gasteiger charge is 2.28. The van der Waals surface area contributed by atoms with Crippen molar-refractivity contribution in [3.05, 3.63) is 40.2 Å². The Kier molecular flexibility index (Phi) is 3.02. The van der Waals surface area contributed by atoms with Crippen molar-refractivity contribution >= 4 is 11.0 Å². The minimum Gasteiger partial charge on any atom is -0.484 e. The van der Waals surface area contributed by atoms with Gasteiger partial charge in [0.15, 0.2) is 6.61 Å². The molecular weight excluding hydrogens is 249 g/mol. The van der Waals surface area contributed by atoms with E-state index in [1.807, 2.05) is 0 Å². The molecule has 0 atom stereocenters. The first kappa shape index (κ1) is 12.5. The molecule has 2 rings (SSSR count). The SMILES string of the molecule is Cc1cc2ccc(OCC(F)(F)F)cc2oc1=O. The summed E-state index contributed by atoms with van der Waals surface area (Å²) >= 11 is 0. The topological polar surface area (TPSA) is 39.4 Å². The highest BCUT2D eigenvalue weighted by molar-refractivity contribution is 5.78. The van der Waals surface area contributed by atoms with Crippen LogP contribution in [0.1, 0.15) is 5.56 Å². The molecule has 6 heteroatoms. The Labute approximate surface area is 99.8 Å². The number of benzene rings is 1. The van der Waals surface area contributed by atoms with Crippen LogP contribution in [0.3, 0.4) is 0 Å². The van der Waals surface area contributed by atoms with Crippen molar-refractivity contribution in [2.75, 3.05) is 6.61 Å². The van der Waals surface area contributed by atoms with Crippen LogP contribution in [0.4, 0.5) is 13.2 Å². The molecule has 0 fully saturated rings. The molecule has 3 nitrogen and oxygen atoms in total. The van der Waals surface area contributed by atoms with Gasteiger partial charge in [-0.3, -0.25) is 0 Å². The van der Waals surface area contributed by atoms with Crippen LogP contribution >= 0.6 is 0 Å². The Balaban J connectivity index is 2.33. The van der Waals surface area contributed by atoms with Crippen LogP contribution in [0, 0.1) is 6.92 Å². The number of rotatable bonds is 2. The van der Waals surface area contributed by atoms with E-state index in [0.717, 1.165) is 0 Å². The Morgan fingerprint density at radius 3 is 2.67 bits per heavy atom. The molecule has 0 N–H and O–H groups in total. The van der Waals surface area contributed by atoms with Crippen LogP contribution < -0.4 is 10.4 Å². The lowest BCUT2D eigenvalue weighted by atomic mass is 10.2. The molecule has 0 unspecified atom stereocenters. The lowest BCUT2D eigenvalue weighted by Crippen LogP contribution is -2.19. The average Bonchev–Trinajstić information content (AvgIpc) is 2.27. The largest absolute Gasteiger partial charge is 0.484 e. The van der Waals surface area contributed by atoms with Gasteiger partial charge in [-0.1, -0.05) is 0 Å². The van der Waals surface area contributed by atoms with E-state index < -0.39 is 18.4 Å². The first-order valence-electron chi connectivity index (χ1n) is 5.09. The monoisotopic (exact) mass is 258 g/mol. The van der Waals surface area contributed by atoms with E-state index >= 15 is 0 Å². The number of hydrogen-bond donors (Lipinski definition) is 0. The van der Waals surface area contributed by atoms with Crippen LogP contribution in [0.15, 0.2) is 33.5 Å². The van der Waals surface area contributed by atoms with Gasteiger partial charge in [-0.25, -0.2) is 4.79 Å². The number of aryl methyl sites for hydroxylation is 1. The van der Waals surface area contributed by atoms with Crippen molar-refractivity contribution in [2.45, 2.75) is 13.1 Å². The van der Waals surface area contributed by atoms with Crippen molar-refractivity contribution in [1.29, 1.82) is 0 Å². The van der Waals surface area contributed by atoms with Gasteiger partial charge < -0.3 is 9.15 Å². The molecular formula is C12H9F3O3. The van der Waals surface area contributed by atoms with Crippen LogP contribution in [-0.4, -0.2) is 12.8 Å². The van der Waals surface area contributed by atoms with Crippen LogP contribution in [0.2, 0.25) is 0 Å². The van der Waals surface area contributed by atoms with Crippen molar-refractivity contribution in [2.24, 2.45) is 0 Å². The number of alkyl halides is 3. The molecule has 96 valence electrons. The number of hydrogen-bond acceptors (Lipinski definition) is 3. The van der Waals surface area contributed by atoms with Crippen molar-refractivity contribution in [3.8, 4) is 5.75 Å². The van der Waals surface area contributed by atoms with E-state index in [1.165, 1.54) is 18.2 Å². The van der Waals surface area contributed by atoms with E-state index in [4.69, 9.17) is 4.42 Å². The molecule has 0 saturated carbocycles. The Hall–Kier alpha value is -1.98. The first-order chi connectivity index (χ1) is 8.35. The van der Waals surface area contributed by atoms with Gasteiger partial charge in [0.05, 0.1) is 0 Å². The standard InChI is InChI=1S/C12H9F3O3/c1-7-4-8-2-3-9(17-6-12(13,14)15)5-10(8)18-11(7)16/h2-5H,6H2,1H3. The van der Waals surface area contributed by atoms with E-state index in [-0.39, 0.29) is 11.3 Å². The zero-order chi connectivity index (χ0) is 13.3. The van der Waals surface area contributed by atoms with Gasteiger partial charge in [-0.05, 0) is 25.1 Å². The van der Waals surface area contributed by atoms with Gasteiger partial charge in [0, 0.05) is 17.0 Å². The third-order valence-corrected chi connectivity index (χ3v) is 2.28. The summed E-state index contributed by atoms with van der Waals surface area (Å²) < 4.78 is 45.4. The Morgan fingerprint density at radius 2 is 2.00 bits per heavy atom. The molecule has 0 saturated heterocycles. The molecule has 0 spiro atoms. The molecule has 1 heterocycles. The fraction of sp³-hybridized carbons (Fsp3) is 0.250. The van der Waals surface area contributed by atoms with Crippen LogP contribution in [-0.2, 0) is 0 Å². The third-order valence-electron chi connectivity index (χ3n) is 2.28. The molecule has 1 aromatic heterocycles. The summed E-state index contributed by atoms with van der Waals surface area (Å²) in [5.74, 6) is 0.00632. The molecule has 0 aliphatic heterocycles. The summed E-state index contributed by atoms with van der Waals surface area (Å²) in [6.07, 6.45) is -4.40. The maximum absolute atomic E-state index is 12.0. The predicted molar refractivity (Wildman–Crippen MR) is 58.8 cm³/mol. The number of halogens is 3. The first-order valence-corrected chi connectivity index (χ1v) is 5.09. The van der Waals surface area contributed by atoms with Crippen molar-refractivity contribution in [3.63, 3.8) is 0 Å². The molecule has 18 heavy (non-hydrogen) atoms. The third kappa shape index (κ3) is 2.82. The molecule has 0 radical (unpaired) electrons. The van der Waals surface area contributed by atoms with E-state index in [1.54, 1.807) is 13.0 Å². The fourth-order valence-electron chi connectivity index (χ4n) is 1.45. The second kappa shape index (κ2) is 4.36. The smallest absolute Gasteiger partial charge is 0.422 e. The van der Waals surface area contributed by atoms with Gasteiger partial charge >= 0.3 is 11.8 Å². The highest BCUT2D eigenvalue weighted by atomic mass is 19.4. The Morgan fingerprint density at radius 1 is 1.28 bits per heavy atom. The lowest BCUT2D eigenvalue weighted by Gasteiger charge is -2.09. The van der Waals surface area contributed by atoms with Crippen molar-refractivity contribution < 1.29 is 22.3 Å². The van der Waals surface area contributed by atoms with Crippen LogP contribution in [0.25, 0.3) is 11.0 Å². The number of ether oxygens (including phenoxy) is 1. The zero-order valence-corrected chi connectivity index (χ0v) is 9.38. The fourth-order valence-corrected chi connectivity index (χ4v) is 1.45. The quantitative estimate of drug-likeness (QED) is 0.777. The summed E-state index contributed by atoms with van der Waals surface area (Å²) in [6.45, 7) is 0.216. The van der Waals surface area contributed by atoms with Gasteiger partial charge in [0.2, 0.25) is 0 Å². The van der Waals surface area contributed by atoms with Gasteiger partial charge in [0.1, 0.15) is 11.3 Å². The molecule has 0 aliphatic carbocycles. The summed E-state index contributed by atoms with van der Waals surface area (Å²) in [7, 11) is 0. The number of fused-ring (bicyclic) bond motifs is 1. The van der Waals surface area contributed by atoms with Gasteiger partial charge in [-0.15, -0.1) is 0 Å². The van der Waals surface area contributed by atoms with Crippen molar-refractivity contribution in [1.82, 2.24) is 0 Å². The highest BCUT2D eigenvalue weighted by Crippen LogP contribution is 2.22. The maximum atomic E-state index is 12.0. The van der Waals surface area contributed by atoms with Gasteiger partial charge in [0.25, 0.3) is 0 Å². The van der Waals surface area contributed by atoms with E-state index in [0.29, 0.717) is 10.9 Å². The van der Waals surface area contributed by atoms with E-state index in [9.17, 15) is 18.0 Å². The summed E-state index contributed by atoms with van der Waals surface area (Å²) in [5.41, 5.74) is 0.118. The minimum atomic E-state index is -4.40. The normalized spacial score (nSPS) is 11.8. The average molecular weight is 258 g/mol. The second-order valence-corrected chi connectivity index (χ2v) is 3.82. The second-order valence-electron chi connectivity index (χ2n) is 3.82. The molecule has 0 aliphatic rings. The summed E-state index contributed by atoms with van der Waals surface area (Å²) in [6, 6.07) is 5.81. The van der Waals surface area contributed by atoms with Gasteiger partial charge in [-0.2, -0.15) is 13.2 Å². The Bertz CT molecular complexity index is 628.